The molecule has 2 aliphatic carbocycles. The van der Waals surface area contributed by atoms with E-state index in [-0.39, 0.29) is 22.5 Å². The summed E-state index contributed by atoms with van der Waals surface area (Å²) in [7, 11) is -2.87. The van der Waals surface area contributed by atoms with Gasteiger partial charge in [0.1, 0.15) is 5.75 Å². The molecule has 6 aliphatic rings. The minimum absolute atomic E-state index is 0.173. The van der Waals surface area contributed by atoms with Crippen LogP contribution in [0.3, 0.4) is 0 Å². The van der Waals surface area contributed by atoms with Crippen molar-refractivity contribution in [3.05, 3.63) is 58.1 Å². The smallest absolute Gasteiger partial charge is 0.262 e. The Morgan fingerprint density at radius 3 is 2.76 bits per heavy atom. The molecule has 1 saturated carbocycles. The molecule has 8 rings (SSSR count). The van der Waals surface area contributed by atoms with Gasteiger partial charge < -0.3 is 19.3 Å². The number of nitrogens with one attached hydrogen (secondary N) is 1. The van der Waals surface area contributed by atoms with Crippen molar-refractivity contribution >= 4 is 38.8 Å². The number of amides is 1. The van der Waals surface area contributed by atoms with Crippen LogP contribution >= 0.6 is 11.6 Å². The normalized spacial score (nSPS) is 36.5. The molecule has 51 heavy (non-hydrogen) atoms. The summed E-state index contributed by atoms with van der Waals surface area (Å²) in [5, 5.41) is 0.555. The maximum absolute atomic E-state index is 14.0. The third kappa shape index (κ3) is 7.19. The summed E-state index contributed by atoms with van der Waals surface area (Å²) in [6.45, 7) is 13.8. The van der Waals surface area contributed by atoms with E-state index in [4.69, 9.17) is 21.1 Å². The highest BCUT2D eigenvalue weighted by atomic mass is 35.5. The Bertz CT molecular complexity index is 1720. The van der Waals surface area contributed by atoms with E-state index in [2.05, 4.69) is 44.3 Å². The van der Waals surface area contributed by atoms with Crippen molar-refractivity contribution < 1.29 is 18.5 Å². The number of benzene rings is 2. The first-order valence-electron chi connectivity index (χ1n) is 19.6. The fourth-order valence-electron chi connectivity index (χ4n) is 10.4. The summed E-state index contributed by atoms with van der Waals surface area (Å²) in [6, 6.07) is 12.7. The molecular formula is C41H57ClN4O4S. The Hall–Kier alpha value is -2.30. The second kappa shape index (κ2) is 14.5. The van der Waals surface area contributed by atoms with Crippen LogP contribution in [0.5, 0.6) is 5.75 Å². The highest BCUT2D eigenvalue weighted by Gasteiger charge is 2.45. The molecule has 2 aromatic rings. The Labute approximate surface area is 310 Å². The molecular weight excluding hydrogens is 680 g/mol. The molecule has 8 atom stereocenters. The van der Waals surface area contributed by atoms with E-state index in [0.717, 1.165) is 108 Å². The number of halogens is 1. The minimum Gasteiger partial charge on any atom is -0.490 e. The van der Waals surface area contributed by atoms with Gasteiger partial charge in [-0.2, -0.15) is 0 Å². The largest absolute Gasteiger partial charge is 0.490 e. The molecule has 1 N–H and O–H groups in total. The highest BCUT2D eigenvalue weighted by molar-refractivity contribution is 7.99. The number of rotatable bonds is 2. The van der Waals surface area contributed by atoms with Crippen LogP contribution in [0.2, 0.25) is 5.02 Å². The zero-order valence-electron chi connectivity index (χ0n) is 30.6. The monoisotopic (exact) mass is 736 g/mol. The number of aryl methyl sites for hydroxylation is 1. The lowest BCUT2D eigenvalue weighted by atomic mass is 9.65. The van der Waals surface area contributed by atoms with E-state index in [1.54, 1.807) is 0 Å². The van der Waals surface area contributed by atoms with Gasteiger partial charge in [0.05, 0.1) is 35.2 Å². The van der Waals surface area contributed by atoms with E-state index in [9.17, 15) is 9.00 Å². The van der Waals surface area contributed by atoms with Crippen LogP contribution in [0.4, 0.5) is 5.69 Å². The molecule has 4 heterocycles. The highest BCUT2D eigenvalue weighted by Crippen LogP contribution is 2.48. The number of piperazine rings is 1. The number of hydrogen-bond acceptors (Lipinski definition) is 7. The predicted molar refractivity (Wildman–Crippen MR) is 208 cm³/mol. The van der Waals surface area contributed by atoms with E-state index < -0.39 is 9.71 Å². The van der Waals surface area contributed by atoms with Gasteiger partial charge in [0.25, 0.3) is 5.91 Å². The first kappa shape index (κ1) is 35.7. The first-order chi connectivity index (χ1) is 24.6. The van der Waals surface area contributed by atoms with Gasteiger partial charge in [-0.25, -0.2) is 4.21 Å². The Morgan fingerprint density at radius 2 is 1.92 bits per heavy atom. The number of fused-ring (bicyclic) bond motifs is 5. The van der Waals surface area contributed by atoms with Gasteiger partial charge in [-0.1, -0.05) is 31.0 Å². The van der Waals surface area contributed by atoms with Crippen molar-refractivity contribution in [1.82, 2.24) is 14.5 Å². The lowest BCUT2D eigenvalue weighted by Crippen LogP contribution is -2.59. The van der Waals surface area contributed by atoms with Crippen molar-refractivity contribution in [1.29, 1.82) is 0 Å². The van der Waals surface area contributed by atoms with Crippen LogP contribution in [0.15, 0.2) is 36.4 Å². The molecule has 1 spiro atoms. The zero-order valence-corrected chi connectivity index (χ0v) is 32.2. The number of hydrogen-bond donors (Lipinski definition) is 1. The Kier molecular flexibility index (Phi) is 10.2. The van der Waals surface area contributed by atoms with Crippen LogP contribution in [0.25, 0.3) is 0 Å². The van der Waals surface area contributed by atoms with Crippen LogP contribution in [-0.2, 0) is 26.3 Å². The summed E-state index contributed by atoms with van der Waals surface area (Å²) >= 11 is 6.52. The van der Waals surface area contributed by atoms with Gasteiger partial charge in [-0.15, -0.1) is 0 Å². The number of morpholine rings is 1. The average molecular weight is 737 g/mol. The van der Waals surface area contributed by atoms with Crippen LogP contribution in [-0.4, -0.2) is 103 Å². The minimum atomic E-state index is -2.87. The topological polar surface area (TPSA) is 74.4 Å². The lowest BCUT2D eigenvalue weighted by Gasteiger charge is -2.49. The van der Waals surface area contributed by atoms with Gasteiger partial charge in [0, 0.05) is 73.1 Å². The molecule has 1 amide bonds. The molecule has 0 radical (unpaired) electrons. The van der Waals surface area contributed by atoms with Gasteiger partial charge in [-0.3, -0.25) is 14.4 Å². The van der Waals surface area contributed by atoms with E-state index >= 15 is 0 Å². The quantitative estimate of drug-likeness (QED) is 0.377. The molecule has 2 saturated heterocycles. The Balaban J connectivity index is 1.14. The zero-order chi connectivity index (χ0) is 35.3. The maximum atomic E-state index is 14.0. The van der Waals surface area contributed by atoms with Crippen molar-refractivity contribution in [3.8, 4) is 5.75 Å². The maximum Gasteiger partial charge on any atom is 0.262 e. The summed E-state index contributed by atoms with van der Waals surface area (Å²) in [5.41, 5.74) is 3.99. The molecule has 3 fully saturated rings. The second-order valence-electron chi connectivity index (χ2n) is 16.8. The molecule has 1 unspecified atom stereocenters. The summed E-state index contributed by atoms with van der Waals surface area (Å²) < 4.78 is 29.5. The van der Waals surface area contributed by atoms with Crippen LogP contribution in [0, 0.1) is 23.7 Å². The summed E-state index contributed by atoms with van der Waals surface area (Å²) in [6.07, 6.45) is 8.93. The number of nitrogens with zero attached hydrogens (tertiary/aromatic N) is 3. The van der Waals surface area contributed by atoms with Crippen LogP contribution < -0.4 is 14.4 Å². The third-order valence-corrected chi connectivity index (χ3v) is 16.2. The summed E-state index contributed by atoms with van der Waals surface area (Å²) in [4.78, 5) is 21.7. The third-order valence-electron chi connectivity index (χ3n) is 13.8. The Morgan fingerprint density at radius 1 is 1.04 bits per heavy atom. The van der Waals surface area contributed by atoms with Crippen LogP contribution in [0.1, 0.15) is 80.3 Å². The van der Waals surface area contributed by atoms with Crippen molar-refractivity contribution in [2.45, 2.75) is 81.9 Å². The van der Waals surface area contributed by atoms with E-state index in [1.807, 2.05) is 31.2 Å². The van der Waals surface area contributed by atoms with Gasteiger partial charge in [0.15, 0.2) is 0 Å². The molecule has 0 aromatic heterocycles. The fourth-order valence-corrected chi connectivity index (χ4v) is 12.0. The SMILES string of the molecule is C=S1(=O)NC(=O)c2ccc3c(c2)N(C[C@@H]2CC[C@H]2[C@@H](CN2CCN4CCOC[C@@H]4C2)CCC[C@H](C)[C@H]1C)C[C@@]1(CCCc2cc(Cl)ccc21)CO3. The van der Waals surface area contributed by atoms with E-state index in [1.165, 1.54) is 30.4 Å². The number of carbonyl (C=O) groups excluding carboxylic acids is 1. The second-order valence-corrected chi connectivity index (χ2v) is 19.7. The van der Waals surface area contributed by atoms with Gasteiger partial charge in [-0.05, 0) is 123 Å². The lowest BCUT2D eigenvalue weighted by molar-refractivity contribution is -0.0519. The predicted octanol–water partition coefficient (Wildman–Crippen LogP) is 6.04. The van der Waals surface area contributed by atoms with Crippen molar-refractivity contribution in [2.24, 2.45) is 23.7 Å². The number of carbonyl (C=O) groups is 1. The standard InChI is InChI=1S/C41H57ClN4O4S/c1-28-6-4-7-32(22-44-16-17-45-18-19-49-25-35(45)24-44)36-12-9-33(36)23-46-26-41(15-5-8-30-20-34(42)11-13-37(30)41)27-50-39-14-10-31(21-38(39)46)40(47)43-51(3,48)29(28)2/h10-11,13-14,20-21,28-29,32-33,35-36H,3-9,12,15-19,22-27H2,1-2H3,(H,43,47,48)/t28-,29+,32+,33-,35-,36-,41-,51?/m0/s1. The average Bonchev–Trinajstić information content (AvgIpc) is 3.25. The first-order valence-corrected chi connectivity index (χ1v) is 21.8. The molecule has 10 heteroatoms. The van der Waals surface area contributed by atoms with Gasteiger partial charge >= 0.3 is 0 Å². The molecule has 2 bridgehead atoms. The van der Waals surface area contributed by atoms with Gasteiger partial charge in [0.2, 0.25) is 0 Å². The van der Waals surface area contributed by atoms with Crippen molar-refractivity contribution in [2.75, 3.05) is 70.5 Å². The number of anilines is 1. The van der Waals surface area contributed by atoms with Crippen molar-refractivity contribution in [3.63, 3.8) is 0 Å². The van der Waals surface area contributed by atoms with E-state index in [0.29, 0.717) is 36.0 Å². The molecule has 2 aromatic carbocycles. The summed E-state index contributed by atoms with van der Waals surface area (Å²) in [5.74, 6) is 6.61. The molecule has 4 aliphatic heterocycles. The fraction of sp³-hybridized carbons (Fsp3) is 0.659. The molecule has 278 valence electrons. The molecule has 8 nitrogen and oxygen atoms in total. The number of ether oxygens (including phenoxy) is 2.